The molecule has 106 valence electrons. The molecule has 0 aromatic heterocycles. The van der Waals surface area contributed by atoms with Crippen molar-refractivity contribution in [2.24, 2.45) is 0 Å². The van der Waals surface area contributed by atoms with Crippen LogP contribution in [-0.4, -0.2) is 12.4 Å². The number of anilines is 1. The summed E-state index contributed by atoms with van der Waals surface area (Å²) in [6, 6.07) is 10.5. The maximum absolute atomic E-state index is 13.1. The van der Waals surface area contributed by atoms with Gasteiger partial charge in [-0.25, -0.2) is 4.39 Å². The van der Waals surface area contributed by atoms with Gasteiger partial charge in [0.15, 0.2) is 0 Å². The number of rotatable bonds is 5. The molecule has 2 aromatic rings. The van der Waals surface area contributed by atoms with Gasteiger partial charge in [0.05, 0.1) is 6.61 Å². The molecule has 0 atom stereocenters. The summed E-state index contributed by atoms with van der Waals surface area (Å²) < 4.78 is 18.9. The van der Waals surface area contributed by atoms with E-state index in [4.69, 9.17) is 10.5 Å². The lowest BCUT2D eigenvalue weighted by Gasteiger charge is -2.10. The second-order valence-electron chi connectivity index (χ2n) is 4.65. The molecule has 2 nitrogen and oxygen atoms in total. The minimum atomic E-state index is -0.267. The molecule has 0 aliphatic rings. The molecule has 0 spiro atoms. The van der Waals surface area contributed by atoms with E-state index in [0.29, 0.717) is 12.3 Å². The standard InChI is InChI=1S/C16H18FNOS/c1-11-3-4-12(2)15(9-11)19-7-8-20-16-10-13(17)5-6-14(16)18/h3-6,9-10H,7-8,18H2,1-2H3. The molecule has 0 saturated carbocycles. The van der Waals surface area contributed by atoms with Crippen LogP contribution in [-0.2, 0) is 0 Å². The lowest BCUT2D eigenvalue weighted by Crippen LogP contribution is -2.02. The summed E-state index contributed by atoms with van der Waals surface area (Å²) in [7, 11) is 0. The van der Waals surface area contributed by atoms with Gasteiger partial charge in [0.25, 0.3) is 0 Å². The van der Waals surface area contributed by atoms with E-state index in [2.05, 4.69) is 6.07 Å². The molecule has 0 unspecified atom stereocenters. The monoisotopic (exact) mass is 291 g/mol. The molecule has 2 N–H and O–H groups in total. The maximum Gasteiger partial charge on any atom is 0.124 e. The van der Waals surface area contributed by atoms with Crippen molar-refractivity contribution < 1.29 is 9.13 Å². The summed E-state index contributed by atoms with van der Waals surface area (Å²) in [5, 5.41) is 0. The molecule has 0 amide bonds. The highest BCUT2D eigenvalue weighted by Crippen LogP contribution is 2.26. The molecule has 0 saturated heterocycles. The van der Waals surface area contributed by atoms with Crippen LogP contribution in [0, 0.1) is 19.7 Å². The number of nitrogens with two attached hydrogens (primary N) is 1. The highest BCUT2D eigenvalue weighted by Gasteiger charge is 2.03. The Morgan fingerprint density at radius 2 is 1.95 bits per heavy atom. The Labute approximate surface area is 123 Å². The fourth-order valence-electron chi connectivity index (χ4n) is 1.80. The highest BCUT2D eigenvalue weighted by atomic mass is 32.2. The first kappa shape index (κ1) is 14.7. The zero-order valence-corrected chi connectivity index (χ0v) is 12.5. The van der Waals surface area contributed by atoms with Crippen LogP contribution >= 0.6 is 11.8 Å². The van der Waals surface area contributed by atoms with Crippen molar-refractivity contribution in [3.8, 4) is 5.75 Å². The summed E-state index contributed by atoms with van der Waals surface area (Å²) in [5.74, 6) is 1.36. The van der Waals surface area contributed by atoms with Crippen LogP contribution in [0.3, 0.4) is 0 Å². The third-order valence-electron chi connectivity index (χ3n) is 2.92. The molecule has 0 fully saturated rings. The SMILES string of the molecule is Cc1ccc(C)c(OCCSc2cc(F)ccc2N)c1. The fourth-order valence-corrected chi connectivity index (χ4v) is 2.62. The average Bonchev–Trinajstić information content (AvgIpc) is 2.42. The van der Waals surface area contributed by atoms with Gasteiger partial charge in [-0.3, -0.25) is 0 Å². The smallest absolute Gasteiger partial charge is 0.124 e. The first-order chi connectivity index (χ1) is 9.56. The van der Waals surface area contributed by atoms with Crippen molar-refractivity contribution >= 4 is 17.4 Å². The van der Waals surface area contributed by atoms with Gasteiger partial charge in [0.1, 0.15) is 11.6 Å². The Morgan fingerprint density at radius 1 is 1.15 bits per heavy atom. The Hall–Kier alpha value is -1.68. The average molecular weight is 291 g/mol. The number of hydrogen-bond acceptors (Lipinski definition) is 3. The van der Waals surface area contributed by atoms with E-state index in [-0.39, 0.29) is 5.82 Å². The third kappa shape index (κ3) is 3.90. The van der Waals surface area contributed by atoms with Crippen LogP contribution in [0.5, 0.6) is 5.75 Å². The van der Waals surface area contributed by atoms with Gasteiger partial charge < -0.3 is 10.5 Å². The van der Waals surface area contributed by atoms with Gasteiger partial charge >= 0.3 is 0 Å². The van der Waals surface area contributed by atoms with Crippen LogP contribution in [0.2, 0.25) is 0 Å². The first-order valence-corrected chi connectivity index (χ1v) is 7.42. The van der Waals surface area contributed by atoms with E-state index < -0.39 is 0 Å². The third-order valence-corrected chi connectivity index (χ3v) is 3.95. The van der Waals surface area contributed by atoms with Crippen molar-refractivity contribution in [1.82, 2.24) is 0 Å². The number of aryl methyl sites for hydroxylation is 2. The Bertz CT molecular complexity index is 548. The van der Waals surface area contributed by atoms with Crippen molar-refractivity contribution in [3.63, 3.8) is 0 Å². The van der Waals surface area contributed by atoms with Crippen LogP contribution < -0.4 is 10.5 Å². The molecule has 2 rings (SSSR count). The number of ether oxygens (including phenoxy) is 1. The highest BCUT2D eigenvalue weighted by molar-refractivity contribution is 7.99. The molecule has 0 aliphatic heterocycles. The molecule has 4 heteroatoms. The Kier molecular flexibility index (Phi) is 4.90. The quantitative estimate of drug-likeness (QED) is 0.509. The molecular weight excluding hydrogens is 273 g/mol. The van der Waals surface area contributed by atoms with E-state index in [9.17, 15) is 4.39 Å². The predicted molar refractivity (Wildman–Crippen MR) is 82.9 cm³/mol. The normalized spacial score (nSPS) is 10.6. The lowest BCUT2D eigenvalue weighted by atomic mass is 10.1. The van der Waals surface area contributed by atoms with Gasteiger partial charge in [0.2, 0.25) is 0 Å². The molecule has 20 heavy (non-hydrogen) atoms. The molecule has 0 aliphatic carbocycles. The predicted octanol–water partition coefficient (Wildman–Crippen LogP) is 4.20. The van der Waals surface area contributed by atoms with Gasteiger partial charge in [0, 0.05) is 16.3 Å². The van der Waals surface area contributed by atoms with Crippen LogP contribution in [0.1, 0.15) is 11.1 Å². The Balaban J connectivity index is 1.87. The van der Waals surface area contributed by atoms with Gasteiger partial charge in [-0.15, -0.1) is 11.8 Å². The molecule has 0 bridgehead atoms. The van der Waals surface area contributed by atoms with Gasteiger partial charge in [-0.05, 0) is 49.2 Å². The van der Waals surface area contributed by atoms with Crippen LogP contribution in [0.4, 0.5) is 10.1 Å². The van der Waals surface area contributed by atoms with Crippen molar-refractivity contribution in [1.29, 1.82) is 0 Å². The maximum atomic E-state index is 13.1. The molecular formula is C16H18FNOS. The van der Waals surface area contributed by atoms with Crippen LogP contribution in [0.25, 0.3) is 0 Å². The zero-order chi connectivity index (χ0) is 14.5. The zero-order valence-electron chi connectivity index (χ0n) is 11.7. The van der Waals surface area contributed by atoms with Crippen LogP contribution in [0.15, 0.2) is 41.3 Å². The van der Waals surface area contributed by atoms with Crippen molar-refractivity contribution in [3.05, 3.63) is 53.3 Å². The Morgan fingerprint density at radius 3 is 2.75 bits per heavy atom. The fraction of sp³-hybridized carbons (Fsp3) is 0.250. The summed E-state index contributed by atoms with van der Waals surface area (Å²) in [6.45, 7) is 4.62. The number of hydrogen-bond donors (Lipinski definition) is 1. The molecule has 0 radical (unpaired) electrons. The van der Waals surface area contributed by atoms with E-state index >= 15 is 0 Å². The summed E-state index contributed by atoms with van der Waals surface area (Å²) in [4.78, 5) is 0.759. The minimum absolute atomic E-state index is 0.267. The van der Waals surface area contributed by atoms with Crippen molar-refractivity contribution in [2.45, 2.75) is 18.7 Å². The molecule has 0 heterocycles. The van der Waals surface area contributed by atoms with E-state index in [0.717, 1.165) is 22.0 Å². The second kappa shape index (κ2) is 6.66. The van der Waals surface area contributed by atoms with E-state index in [1.807, 2.05) is 26.0 Å². The topological polar surface area (TPSA) is 35.2 Å². The lowest BCUT2D eigenvalue weighted by molar-refractivity contribution is 0.341. The molecule has 2 aromatic carbocycles. The summed E-state index contributed by atoms with van der Waals surface area (Å²) in [6.07, 6.45) is 0. The number of nitrogen functional groups attached to an aromatic ring is 1. The van der Waals surface area contributed by atoms with E-state index in [1.54, 1.807) is 6.07 Å². The van der Waals surface area contributed by atoms with E-state index in [1.165, 1.54) is 29.5 Å². The largest absolute Gasteiger partial charge is 0.492 e. The number of thioether (sulfide) groups is 1. The second-order valence-corrected chi connectivity index (χ2v) is 5.78. The van der Waals surface area contributed by atoms with Crippen molar-refractivity contribution in [2.75, 3.05) is 18.1 Å². The van der Waals surface area contributed by atoms with Gasteiger partial charge in [-0.1, -0.05) is 12.1 Å². The number of halogens is 1. The first-order valence-electron chi connectivity index (χ1n) is 6.44. The minimum Gasteiger partial charge on any atom is -0.492 e. The van der Waals surface area contributed by atoms with Gasteiger partial charge in [-0.2, -0.15) is 0 Å². The summed E-state index contributed by atoms with van der Waals surface area (Å²) >= 11 is 1.50. The number of benzene rings is 2. The summed E-state index contributed by atoms with van der Waals surface area (Å²) in [5.41, 5.74) is 8.69.